The molecule has 2 rings (SSSR count). The van der Waals surface area contributed by atoms with E-state index in [1.165, 1.54) is 16.5 Å². The predicted molar refractivity (Wildman–Crippen MR) is 65.1 cm³/mol. The summed E-state index contributed by atoms with van der Waals surface area (Å²) in [5, 5.41) is 4.66. The smallest absolute Gasteiger partial charge is 0.0480 e. The molecule has 1 N–H and O–H groups in total. The molecule has 0 saturated heterocycles. The molecule has 80 valence electrons. The van der Waals surface area contributed by atoms with Crippen molar-refractivity contribution in [2.24, 2.45) is 7.05 Å². The third-order valence-corrected chi connectivity index (χ3v) is 3.00. The average molecular weight is 202 g/mol. The molecule has 0 spiro atoms. The van der Waals surface area contributed by atoms with Gasteiger partial charge in [0.05, 0.1) is 0 Å². The largest absolute Gasteiger partial charge is 0.350 e. The minimum atomic E-state index is 0.524. The highest BCUT2D eigenvalue weighted by Crippen LogP contribution is 2.21. The molecule has 2 nitrogen and oxygen atoms in total. The molecular weight excluding hydrogens is 184 g/mol. The predicted octanol–water partition coefficient (Wildman–Crippen LogP) is 2.33. The fraction of sp³-hybridized carbons (Fsp3) is 0.385. The highest BCUT2D eigenvalue weighted by Gasteiger charge is 2.08. The van der Waals surface area contributed by atoms with E-state index in [4.69, 9.17) is 0 Å². The molecule has 1 heterocycles. The number of nitrogens with zero attached hydrogens (tertiary/aromatic N) is 1. The van der Waals surface area contributed by atoms with Gasteiger partial charge in [-0.15, -0.1) is 0 Å². The van der Waals surface area contributed by atoms with Crippen molar-refractivity contribution >= 4 is 10.9 Å². The highest BCUT2D eigenvalue weighted by atomic mass is 14.9. The van der Waals surface area contributed by atoms with Gasteiger partial charge in [-0.25, -0.2) is 0 Å². The summed E-state index contributed by atoms with van der Waals surface area (Å²) in [6.45, 7) is 2.21. The first-order valence-electron chi connectivity index (χ1n) is 5.42. The zero-order chi connectivity index (χ0) is 10.8. The van der Waals surface area contributed by atoms with Crippen LogP contribution in [0.1, 0.15) is 12.5 Å². The molecular formula is C13H18N2. The molecule has 2 heteroatoms. The molecule has 1 atom stereocenters. The monoisotopic (exact) mass is 202 g/mol. The van der Waals surface area contributed by atoms with Crippen LogP contribution in [-0.2, 0) is 13.5 Å². The van der Waals surface area contributed by atoms with Crippen LogP contribution in [0.25, 0.3) is 10.9 Å². The normalized spacial score (nSPS) is 13.3. The number of para-hydroxylation sites is 1. The Morgan fingerprint density at radius 1 is 1.33 bits per heavy atom. The van der Waals surface area contributed by atoms with E-state index in [1.54, 1.807) is 0 Å². The molecule has 1 unspecified atom stereocenters. The first kappa shape index (κ1) is 10.2. The van der Waals surface area contributed by atoms with Crippen molar-refractivity contribution in [3.8, 4) is 0 Å². The summed E-state index contributed by atoms with van der Waals surface area (Å²) in [4.78, 5) is 0. The van der Waals surface area contributed by atoms with Crippen molar-refractivity contribution in [2.75, 3.05) is 7.05 Å². The van der Waals surface area contributed by atoms with Crippen molar-refractivity contribution in [1.29, 1.82) is 0 Å². The van der Waals surface area contributed by atoms with Crippen LogP contribution in [0.4, 0.5) is 0 Å². The Bertz CT molecular complexity index is 457. The van der Waals surface area contributed by atoms with E-state index in [1.807, 2.05) is 7.05 Å². The lowest BCUT2D eigenvalue weighted by molar-refractivity contribution is 0.609. The number of likely N-dealkylation sites (N-methyl/N-ethyl adjacent to an activating group) is 1. The van der Waals surface area contributed by atoms with Gasteiger partial charge in [0, 0.05) is 30.2 Å². The molecule has 0 fully saturated rings. The van der Waals surface area contributed by atoms with E-state index in [0.29, 0.717) is 6.04 Å². The topological polar surface area (TPSA) is 17.0 Å². The molecule has 0 aliphatic carbocycles. The van der Waals surface area contributed by atoms with Crippen LogP contribution in [0, 0.1) is 0 Å². The summed E-state index contributed by atoms with van der Waals surface area (Å²) in [6.07, 6.45) is 3.32. The second kappa shape index (κ2) is 4.07. The first-order valence-corrected chi connectivity index (χ1v) is 5.42. The molecule has 1 aromatic heterocycles. The Balaban J connectivity index is 2.43. The number of hydrogen-bond acceptors (Lipinski definition) is 1. The first-order chi connectivity index (χ1) is 7.22. The zero-order valence-electron chi connectivity index (χ0n) is 9.62. The van der Waals surface area contributed by atoms with Crippen LogP contribution in [0.3, 0.4) is 0 Å². The van der Waals surface area contributed by atoms with Crippen LogP contribution in [0.15, 0.2) is 30.5 Å². The van der Waals surface area contributed by atoms with Gasteiger partial charge in [0.1, 0.15) is 0 Å². The number of nitrogens with one attached hydrogen (secondary N) is 1. The molecule has 1 aromatic carbocycles. The summed E-state index contributed by atoms with van der Waals surface area (Å²) in [5.74, 6) is 0. The number of fused-ring (bicyclic) bond motifs is 1. The highest BCUT2D eigenvalue weighted by molar-refractivity contribution is 5.83. The SMILES string of the molecule is CNC(C)Cc1cn(C)c2ccccc12. The lowest BCUT2D eigenvalue weighted by Crippen LogP contribution is -2.23. The van der Waals surface area contributed by atoms with Crippen molar-refractivity contribution in [3.05, 3.63) is 36.0 Å². The van der Waals surface area contributed by atoms with Gasteiger partial charge < -0.3 is 9.88 Å². The maximum absolute atomic E-state index is 3.28. The lowest BCUT2D eigenvalue weighted by Gasteiger charge is -2.08. The fourth-order valence-electron chi connectivity index (χ4n) is 2.02. The van der Waals surface area contributed by atoms with E-state index < -0.39 is 0 Å². The van der Waals surface area contributed by atoms with E-state index in [-0.39, 0.29) is 0 Å². The Labute approximate surface area is 90.9 Å². The van der Waals surface area contributed by atoms with E-state index >= 15 is 0 Å². The molecule has 0 saturated carbocycles. The van der Waals surface area contributed by atoms with Crippen LogP contribution in [0.5, 0.6) is 0 Å². The molecule has 0 amide bonds. The van der Waals surface area contributed by atoms with Gasteiger partial charge in [0.2, 0.25) is 0 Å². The van der Waals surface area contributed by atoms with Crippen LogP contribution in [-0.4, -0.2) is 17.7 Å². The third-order valence-electron chi connectivity index (χ3n) is 3.00. The Morgan fingerprint density at radius 3 is 2.80 bits per heavy atom. The van der Waals surface area contributed by atoms with Gasteiger partial charge in [-0.3, -0.25) is 0 Å². The van der Waals surface area contributed by atoms with Gasteiger partial charge >= 0.3 is 0 Å². The summed E-state index contributed by atoms with van der Waals surface area (Å²) < 4.78 is 2.20. The van der Waals surface area contributed by atoms with E-state index in [0.717, 1.165) is 6.42 Å². The van der Waals surface area contributed by atoms with Crippen molar-refractivity contribution in [2.45, 2.75) is 19.4 Å². The standard InChI is InChI=1S/C13H18N2/c1-10(14-2)8-11-9-15(3)13-7-5-4-6-12(11)13/h4-7,9-10,14H,8H2,1-3H3. The molecule has 0 radical (unpaired) electrons. The summed E-state index contributed by atoms with van der Waals surface area (Å²) in [6, 6.07) is 9.09. The molecule has 2 aromatic rings. The number of rotatable bonds is 3. The molecule has 0 bridgehead atoms. The Morgan fingerprint density at radius 2 is 2.07 bits per heavy atom. The van der Waals surface area contributed by atoms with Crippen LogP contribution in [0.2, 0.25) is 0 Å². The number of hydrogen-bond donors (Lipinski definition) is 1. The van der Waals surface area contributed by atoms with Crippen molar-refractivity contribution in [3.63, 3.8) is 0 Å². The van der Waals surface area contributed by atoms with Gasteiger partial charge in [-0.1, -0.05) is 18.2 Å². The molecule has 0 aliphatic heterocycles. The summed E-state index contributed by atoms with van der Waals surface area (Å²) in [7, 11) is 4.12. The maximum atomic E-state index is 3.28. The number of benzene rings is 1. The van der Waals surface area contributed by atoms with Crippen molar-refractivity contribution in [1.82, 2.24) is 9.88 Å². The van der Waals surface area contributed by atoms with Gasteiger partial charge in [0.25, 0.3) is 0 Å². The minimum Gasteiger partial charge on any atom is -0.350 e. The third kappa shape index (κ3) is 1.90. The molecule has 0 aliphatic rings. The fourth-order valence-corrected chi connectivity index (χ4v) is 2.02. The summed E-state index contributed by atoms with van der Waals surface area (Å²) in [5.41, 5.74) is 2.74. The Kier molecular flexibility index (Phi) is 2.78. The summed E-state index contributed by atoms with van der Waals surface area (Å²) >= 11 is 0. The zero-order valence-corrected chi connectivity index (χ0v) is 9.62. The van der Waals surface area contributed by atoms with Crippen LogP contribution < -0.4 is 5.32 Å². The quantitative estimate of drug-likeness (QED) is 0.808. The van der Waals surface area contributed by atoms with Crippen LogP contribution >= 0.6 is 0 Å². The lowest BCUT2D eigenvalue weighted by atomic mass is 10.1. The molecule has 15 heavy (non-hydrogen) atoms. The van der Waals surface area contributed by atoms with E-state index in [9.17, 15) is 0 Å². The average Bonchev–Trinajstić information content (AvgIpc) is 2.57. The van der Waals surface area contributed by atoms with E-state index in [2.05, 4.69) is 54.3 Å². The number of aromatic nitrogens is 1. The maximum Gasteiger partial charge on any atom is 0.0480 e. The van der Waals surface area contributed by atoms with Gasteiger partial charge in [-0.2, -0.15) is 0 Å². The van der Waals surface area contributed by atoms with Gasteiger partial charge in [-0.05, 0) is 32.0 Å². The minimum absolute atomic E-state index is 0.524. The Hall–Kier alpha value is -1.28. The van der Waals surface area contributed by atoms with Crippen molar-refractivity contribution < 1.29 is 0 Å². The second-order valence-corrected chi connectivity index (χ2v) is 4.18. The second-order valence-electron chi connectivity index (χ2n) is 4.18. The number of aryl methyl sites for hydroxylation is 1. The van der Waals surface area contributed by atoms with Gasteiger partial charge in [0.15, 0.2) is 0 Å².